The minimum Gasteiger partial charge on any atom is -0.377 e. The zero-order chi connectivity index (χ0) is 13.4. The van der Waals surface area contributed by atoms with E-state index in [9.17, 15) is 0 Å². The Balaban J connectivity index is 2.79. The summed E-state index contributed by atoms with van der Waals surface area (Å²) in [5.74, 6) is 0. The molecule has 0 fully saturated rings. The number of rotatable bonds is 6. The average molecular weight is 242 g/mol. The summed E-state index contributed by atoms with van der Waals surface area (Å²) in [7, 11) is 0. The van der Waals surface area contributed by atoms with Crippen molar-refractivity contribution in [2.75, 3.05) is 0 Å². The van der Waals surface area contributed by atoms with Gasteiger partial charge in [-0.3, -0.25) is 4.99 Å². The van der Waals surface area contributed by atoms with Gasteiger partial charge in [0, 0.05) is 6.21 Å². The second-order valence-corrected chi connectivity index (χ2v) is 4.06. The van der Waals surface area contributed by atoms with Crippen molar-refractivity contribution in [3.63, 3.8) is 0 Å². The number of nitrogens with zero attached hydrogens (tertiary/aromatic N) is 1. The maximum Gasteiger partial charge on any atom is 0.0808 e. The minimum absolute atomic E-state index is 0.278. The van der Waals surface area contributed by atoms with Gasteiger partial charge in [0.05, 0.1) is 17.4 Å². The van der Waals surface area contributed by atoms with Crippen LogP contribution in [0.4, 0.5) is 0 Å². The van der Waals surface area contributed by atoms with Crippen LogP contribution in [0.2, 0.25) is 0 Å². The Morgan fingerprint density at radius 2 is 2.00 bits per heavy atom. The monoisotopic (exact) mass is 242 g/mol. The van der Waals surface area contributed by atoms with Crippen molar-refractivity contribution in [2.24, 2.45) is 4.99 Å². The topological polar surface area (TPSA) is 24.4 Å². The van der Waals surface area contributed by atoms with Crippen LogP contribution in [0.5, 0.6) is 0 Å². The lowest BCUT2D eigenvalue weighted by Crippen LogP contribution is -2.20. The fourth-order valence-electron chi connectivity index (χ4n) is 1.86. The Bertz CT molecular complexity index is 430. The molecule has 0 aliphatic carbocycles. The second-order valence-electron chi connectivity index (χ2n) is 4.06. The molecule has 96 valence electrons. The summed E-state index contributed by atoms with van der Waals surface area (Å²) < 4.78 is 0. The van der Waals surface area contributed by atoms with Gasteiger partial charge in [-0.25, -0.2) is 0 Å². The fraction of sp³-hybridized carbons (Fsp3) is 0.312. The third kappa shape index (κ3) is 3.88. The highest BCUT2D eigenvalue weighted by Crippen LogP contribution is 2.19. The van der Waals surface area contributed by atoms with Gasteiger partial charge in [-0.1, -0.05) is 49.9 Å². The molecule has 1 aromatic rings. The lowest BCUT2D eigenvalue weighted by molar-refractivity contribution is 0.584. The average Bonchev–Trinajstić information content (AvgIpc) is 2.42. The van der Waals surface area contributed by atoms with Gasteiger partial charge in [0.2, 0.25) is 0 Å². The summed E-state index contributed by atoms with van der Waals surface area (Å²) in [5.41, 5.74) is 3.04. The molecule has 1 aromatic carbocycles. The van der Waals surface area contributed by atoms with Crippen molar-refractivity contribution in [2.45, 2.75) is 33.2 Å². The number of allylic oxidation sites excluding steroid dienone is 1. The van der Waals surface area contributed by atoms with E-state index in [1.165, 1.54) is 5.56 Å². The van der Waals surface area contributed by atoms with Crippen LogP contribution < -0.4 is 5.32 Å². The molecule has 0 radical (unpaired) electrons. The standard InChI is InChI=1S/C16H22N2/c1-5-15(17-7-3)13(4)18-16(6-2)14-11-9-8-10-12-14/h5,7-12,16,18H,4,6H2,1-3H3/b15-5-,17-7?. The number of nitrogens with one attached hydrogen (secondary N) is 1. The summed E-state index contributed by atoms with van der Waals surface area (Å²) >= 11 is 0. The third-order valence-electron chi connectivity index (χ3n) is 2.81. The molecule has 2 heteroatoms. The molecule has 1 unspecified atom stereocenters. The number of hydrogen-bond acceptors (Lipinski definition) is 2. The quantitative estimate of drug-likeness (QED) is 0.585. The molecule has 0 amide bonds. The Labute approximate surface area is 110 Å². The van der Waals surface area contributed by atoms with Crippen molar-refractivity contribution in [1.29, 1.82) is 0 Å². The molecular formula is C16H22N2. The summed E-state index contributed by atoms with van der Waals surface area (Å²) in [6.07, 6.45) is 4.76. The number of aliphatic imine (C=N–C) groups is 1. The molecule has 1 N–H and O–H groups in total. The largest absolute Gasteiger partial charge is 0.377 e. The molecule has 0 saturated carbocycles. The van der Waals surface area contributed by atoms with Crippen LogP contribution in [0.15, 0.2) is 59.4 Å². The van der Waals surface area contributed by atoms with E-state index in [0.29, 0.717) is 0 Å². The van der Waals surface area contributed by atoms with Gasteiger partial charge < -0.3 is 5.32 Å². The molecule has 2 nitrogen and oxygen atoms in total. The van der Waals surface area contributed by atoms with Crippen LogP contribution in [-0.4, -0.2) is 6.21 Å². The highest BCUT2D eigenvalue weighted by atomic mass is 15.0. The van der Waals surface area contributed by atoms with Crippen LogP contribution in [-0.2, 0) is 0 Å². The molecule has 0 heterocycles. The molecule has 18 heavy (non-hydrogen) atoms. The summed E-state index contributed by atoms with van der Waals surface area (Å²) in [5, 5.41) is 3.44. The normalized spacial score (nSPS) is 13.6. The molecule has 0 aliphatic heterocycles. The van der Waals surface area contributed by atoms with E-state index < -0.39 is 0 Å². The zero-order valence-electron chi connectivity index (χ0n) is 11.5. The van der Waals surface area contributed by atoms with Crippen molar-refractivity contribution in [3.05, 3.63) is 59.9 Å². The van der Waals surface area contributed by atoms with Crippen LogP contribution in [0.1, 0.15) is 38.8 Å². The van der Waals surface area contributed by atoms with Gasteiger partial charge >= 0.3 is 0 Å². The van der Waals surface area contributed by atoms with Gasteiger partial charge in [0.1, 0.15) is 0 Å². The number of hydrogen-bond donors (Lipinski definition) is 1. The van der Waals surface area contributed by atoms with Gasteiger partial charge in [0.25, 0.3) is 0 Å². The van der Waals surface area contributed by atoms with Gasteiger partial charge in [-0.2, -0.15) is 0 Å². The predicted molar refractivity (Wildman–Crippen MR) is 79.7 cm³/mol. The molecule has 0 aromatic heterocycles. The Morgan fingerprint density at radius 1 is 1.33 bits per heavy atom. The highest BCUT2D eigenvalue weighted by molar-refractivity contribution is 5.56. The van der Waals surface area contributed by atoms with E-state index in [0.717, 1.165) is 17.8 Å². The Morgan fingerprint density at radius 3 is 2.50 bits per heavy atom. The summed E-state index contributed by atoms with van der Waals surface area (Å²) in [6.45, 7) is 10.1. The number of benzene rings is 1. The minimum atomic E-state index is 0.278. The SMILES string of the molecule is C=C(NC(CC)c1ccccc1)/C(=C/C)N=CC. The van der Waals surface area contributed by atoms with E-state index in [4.69, 9.17) is 0 Å². The van der Waals surface area contributed by atoms with Gasteiger partial charge in [0.15, 0.2) is 0 Å². The van der Waals surface area contributed by atoms with E-state index in [1.807, 2.05) is 26.0 Å². The van der Waals surface area contributed by atoms with E-state index in [1.54, 1.807) is 6.21 Å². The van der Waals surface area contributed by atoms with Crippen LogP contribution in [0.25, 0.3) is 0 Å². The fourth-order valence-corrected chi connectivity index (χ4v) is 1.86. The first-order chi connectivity index (χ1) is 8.72. The second kappa shape index (κ2) is 7.49. The predicted octanol–water partition coefficient (Wildman–Crippen LogP) is 4.24. The van der Waals surface area contributed by atoms with Crippen LogP contribution in [0, 0.1) is 0 Å². The van der Waals surface area contributed by atoms with Crippen molar-refractivity contribution >= 4 is 6.21 Å². The lowest BCUT2D eigenvalue weighted by atomic mass is 10.0. The van der Waals surface area contributed by atoms with E-state index in [-0.39, 0.29) is 6.04 Å². The summed E-state index contributed by atoms with van der Waals surface area (Å²) in [6, 6.07) is 10.7. The molecular weight excluding hydrogens is 220 g/mol. The highest BCUT2D eigenvalue weighted by Gasteiger charge is 2.10. The van der Waals surface area contributed by atoms with Gasteiger partial charge in [-0.05, 0) is 25.8 Å². The first-order valence-electron chi connectivity index (χ1n) is 6.38. The van der Waals surface area contributed by atoms with Crippen molar-refractivity contribution in [3.8, 4) is 0 Å². The van der Waals surface area contributed by atoms with Crippen molar-refractivity contribution < 1.29 is 0 Å². The smallest absolute Gasteiger partial charge is 0.0808 e. The van der Waals surface area contributed by atoms with Crippen LogP contribution >= 0.6 is 0 Å². The van der Waals surface area contributed by atoms with Gasteiger partial charge in [-0.15, -0.1) is 0 Å². The summed E-state index contributed by atoms with van der Waals surface area (Å²) in [4.78, 5) is 4.30. The lowest BCUT2D eigenvalue weighted by Gasteiger charge is -2.20. The van der Waals surface area contributed by atoms with E-state index >= 15 is 0 Å². The zero-order valence-corrected chi connectivity index (χ0v) is 11.5. The Kier molecular flexibility index (Phi) is 5.92. The van der Waals surface area contributed by atoms with Crippen LogP contribution in [0.3, 0.4) is 0 Å². The first kappa shape index (κ1) is 14.2. The molecule has 0 aliphatic rings. The molecule has 1 rings (SSSR count). The third-order valence-corrected chi connectivity index (χ3v) is 2.81. The molecule has 0 saturated heterocycles. The first-order valence-corrected chi connectivity index (χ1v) is 6.38. The van der Waals surface area contributed by atoms with Crippen molar-refractivity contribution in [1.82, 2.24) is 5.32 Å². The molecule has 1 atom stereocenters. The molecule has 0 bridgehead atoms. The maximum absolute atomic E-state index is 4.30. The maximum atomic E-state index is 4.30. The Hall–Kier alpha value is -1.83. The van der Waals surface area contributed by atoms with E-state index in [2.05, 4.69) is 48.1 Å². The molecule has 0 spiro atoms.